The van der Waals surface area contributed by atoms with Crippen LogP contribution >= 0.6 is 0 Å². The molecular weight excluding hydrogens is 396 g/mol. The van der Waals surface area contributed by atoms with Crippen molar-refractivity contribution in [1.29, 1.82) is 0 Å². The molecule has 4 nitrogen and oxygen atoms in total. The molecule has 1 heterocycles. The van der Waals surface area contributed by atoms with E-state index in [0.29, 0.717) is 12.2 Å². The van der Waals surface area contributed by atoms with Crippen LogP contribution < -0.4 is 11.2 Å². The van der Waals surface area contributed by atoms with E-state index < -0.39 is 0 Å². The second kappa shape index (κ2) is 8.52. The first-order valence-electron chi connectivity index (χ1n) is 10.6. The summed E-state index contributed by atoms with van der Waals surface area (Å²) in [5.74, 6) is 0. The number of nitrogens with zero attached hydrogens (tertiary/aromatic N) is 2. The highest BCUT2D eigenvalue weighted by molar-refractivity contribution is 5.86. The lowest BCUT2D eigenvalue weighted by atomic mass is 10.0. The third kappa shape index (κ3) is 3.91. The van der Waals surface area contributed by atoms with Crippen molar-refractivity contribution in [2.75, 3.05) is 0 Å². The molecule has 156 valence electrons. The lowest BCUT2D eigenvalue weighted by Crippen LogP contribution is -2.40. The predicted molar refractivity (Wildman–Crippen MR) is 129 cm³/mol. The summed E-state index contributed by atoms with van der Waals surface area (Å²) in [6.45, 7) is 0.627. The van der Waals surface area contributed by atoms with Crippen molar-refractivity contribution in [2.45, 2.75) is 13.1 Å². The number of fused-ring (bicyclic) bond motifs is 1. The summed E-state index contributed by atoms with van der Waals surface area (Å²) in [6, 6.07) is 35.1. The number of rotatable bonds is 5. The van der Waals surface area contributed by atoms with Crippen LogP contribution in [-0.2, 0) is 13.1 Å². The SMILES string of the molecule is O=c1cc(-c2ccc3ccccc3c2)n(Cc2ccccc2)c(=O)n1Cc1ccccc1. The zero-order chi connectivity index (χ0) is 21.9. The summed E-state index contributed by atoms with van der Waals surface area (Å²) < 4.78 is 3.01. The normalized spacial score (nSPS) is 11.0. The molecule has 0 amide bonds. The zero-order valence-corrected chi connectivity index (χ0v) is 17.5. The van der Waals surface area contributed by atoms with Gasteiger partial charge in [-0.25, -0.2) is 4.79 Å². The lowest BCUT2D eigenvalue weighted by Gasteiger charge is -2.16. The van der Waals surface area contributed by atoms with Crippen LogP contribution in [-0.4, -0.2) is 9.13 Å². The molecule has 0 saturated heterocycles. The first kappa shape index (κ1) is 19.8. The first-order chi connectivity index (χ1) is 15.7. The minimum absolute atomic E-state index is 0.241. The number of hydrogen-bond acceptors (Lipinski definition) is 2. The van der Waals surface area contributed by atoms with Crippen LogP contribution in [0.15, 0.2) is 119 Å². The molecule has 4 aromatic carbocycles. The van der Waals surface area contributed by atoms with E-state index in [4.69, 9.17) is 0 Å². The molecule has 1 aromatic heterocycles. The van der Waals surface area contributed by atoms with Crippen LogP contribution in [0, 0.1) is 0 Å². The number of hydrogen-bond donors (Lipinski definition) is 0. The van der Waals surface area contributed by atoms with Crippen LogP contribution in [0.3, 0.4) is 0 Å². The Morgan fingerprint density at radius 3 is 1.75 bits per heavy atom. The van der Waals surface area contributed by atoms with E-state index in [0.717, 1.165) is 27.5 Å². The van der Waals surface area contributed by atoms with Gasteiger partial charge in [0.1, 0.15) is 0 Å². The highest BCUT2D eigenvalue weighted by Gasteiger charge is 2.14. The van der Waals surface area contributed by atoms with E-state index >= 15 is 0 Å². The lowest BCUT2D eigenvalue weighted by molar-refractivity contribution is 0.617. The van der Waals surface area contributed by atoms with Gasteiger partial charge in [0.05, 0.1) is 18.8 Å². The maximum absolute atomic E-state index is 13.6. The summed E-state index contributed by atoms with van der Waals surface area (Å²) in [7, 11) is 0. The maximum atomic E-state index is 13.6. The molecular formula is C28H22N2O2. The fourth-order valence-corrected chi connectivity index (χ4v) is 4.03. The van der Waals surface area contributed by atoms with E-state index in [1.54, 1.807) is 10.6 Å². The summed E-state index contributed by atoms with van der Waals surface area (Å²) in [4.78, 5) is 26.6. The van der Waals surface area contributed by atoms with E-state index in [2.05, 4.69) is 0 Å². The van der Waals surface area contributed by atoms with Gasteiger partial charge in [0.25, 0.3) is 5.56 Å². The number of benzene rings is 4. The van der Waals surface area contributed by atoms with Crippen molar-refractivity contribution in [1.82, 2.24) is 9.13 Å². The van der Waals surface area contributed by atoms with Crippen LogP contribution in [0.25, 0.3) is 22.0 Å². The zero-order valence-electron chi connectivity index (χ0n) is 17.5. The second-order valence-electron chi connectivity index (χ2n) is 7.86. The average molecular weight is 418 g/mol. The molecule has 0 bridgehead atoms. The summed E-state index contributed by atoms with van der Waals surface area (Å²) >= 11 is 0. The quantitative estimate of drug-likeness (QED) is 0.406. The van der Waals surface area contributed by atoms with Gasteiger partial charge in [-0.3, -0.25) is 13.9 Å². The molecule has 0 spiro atoms. The van der Waals surface area contributed by atoms with Gasteiger partial charge >= 0.3 is 5.69 Å². The van der Waals surface area contributed by atoms with Crippen molar-refractivity contribution in [3.05, 3.63) is 141 Å². The molecule has 0 unspecified atom stereocenters. The molecule has 5 rings (SSSR count). The van der Waals surface area contributed by atoms with Crippen molar-refractivity contribution < 1.29 is 0 Å². The van der Waals surface area contributed by atoms with Crippen molar-refractivity contribution in [2.24, 2.45) is 0 Å². The van der Waals surface area contributed by atoms with Gasteiger partial charge in [0, 0.05) is 6.07 Å². The van der Waals surface area contributed by atoms with E-state index in [-0.39, 0.29) is 17.8 Å². The average Bonchev–Trinajstić information content (AvgIpc) is 2.84. The summed E-state index contributed by atoms with van der Waals surface area (Å²) in [6.07, 6.45) is 0. The van der Waals surface area contributed by atoms with Gasteiger partial charge < -0.3 is 0 Å². The Hall–Kier alpha value is -4.18. The molecule has 4 heteroatoms. The minimum atomic E-state index is -0.312. The summed E-state index contributed by atoms with van der Waals surface area (Å²) in [5.41, 5.74) is 2.78. The molecule has 0 aliphatic carbocycles. The largest absolute Gasteiger partial charge is 0.332 e. The van der Waals surface area contributed by atoms with Gasteiger partial charge in [0.2, 0.25) is 0 Å². The van der Waals surface area contributed by atoms with E-state index in [1.165, 1.54) is 4.57 Å². The van der Waals surface area contributed by atoms with Crippen LogP contribution in [0.1, 0.15) is 11.1 Å². The molecule has 32 heavy (non-hydrogen) atoms. The Bertz CT molecular complexity index is 1500. The molecule has 5 aromatic rings. The van der Waals surface area contributed by atoms with E-state index in [9.17, 15) is 9.59 Å². The standard InChI is InChI=1S/C28H22N2O2/c31-27-18-26(25-16-15-23-13-7-8-14-24(23)17-25)29(19-21-9-3-1-4-10-21)28(32)30(27)20-22-11-5-2-6-12-22/h1-18H,19-20H2. The van der Waals surface area contributed by atoms with Crippen LogP contribution in [0.5, 0.6) is 0 Å². The third-order valence-corrected chi connectivity index (χ3v) is 5.69. The Labute approximate surface area is 185 Å². The fourth-order valence-electron chi connectivity index (χ4n) is 4.03. The highest BCUT2D eigenvalue weighted by atomic mass is 16.2. The Morgan fingerprint density at radius 1 is 0.531 bits per heavy atom. The molecule has 0 saturated carbocycles. The maximum Gasteiger partial charge on any atom is 0.332 e. The summed E-state index contributed by atoms with van der Waals surface area (Å²) in [5, 5.41) is 2.18. The van der Waals surface area contributed by atoms with Crippen molar-refractivity contribution in [3.8, 4) is 11.3 Å². The topological polar surface area (TPSA) is 44.0 Å². The smallest absolute Gasteiger partial charge is 0.289 e. The molecule has 0 fully saturated rings. The molecule has 0 aliphatic heterocycles. The van der Waals surface area contributed by atoms with Crippen molar-refractivity contribution in [3.63, 3.8) is 0 Å². The van der Waals surface area contributed by atoms with Crippen LogP contribution in [0.2, 0.25) is 0 Å². The fraction of sp³-hybridized carbons (Fsp3) is 0.0714. The minimum Gasteiger partial charge on any atom is -0.289 e. The van der Waals surface area contributed by atoms with Gasteiger partial charge in [-0.1, -0.05) is 97.1 Å². The third-order valence-electron chi connectivity index (χ3n) is 5.69. The monoisotopic (exact) mass is 418 g/mol. The molecule has 0 radical (unpaired) electrons. The van der Waals surface area contributed by atoms with Crippen LogP contribution in [0.4, 0.5) is 0 Å². The molecule has 0 N–H and O–H groups in total. The van der Waals surface area contributed by atoms with Gasteiger partial charge in [-0.05, 0) is 33.5 Å². The van der Waals surface area contributed by atoms with Gasteiger partial charge in [-0.2, -0.15) is 0 Å². The predicted octanol–water partition coefficient (Wildman–Crippen LogP) is 4.93. The first-order valence-corrected chi connectivity index (χ1v) is 10.6. The van der Waals surface area contributed by atoms with Gasteiger partial charge in [-0.15, -0.1) is 0 Å². The van der Waals surface area contributed by atoms with E-state index in [1.807, 2.05) is 103 Å². The van der Waals surface area contributed by atoms with Gasteiger partial charge in [0.15, 0.2) is 0 Å². The van der Waals surface area contributed by atoms with Crippen molar-refractivity contribution >= 4 is 10.8 Å². The number of aromatic nitrogens is 2. The second-order valence-corrected chi connectivity index (χ2v) is 7.86. The Kier molecular flexibility index (Phi) is 5.26. The Morgan fingerprint density at radius 2 is 1.09 bits per heavy atom. The Balaban J connectivity index is 1.69. The highest BCUT2D eigenvalue weighted by Crippen LogP contribution is 2.23. The molecule has 0 aliphatic rings. The molecule has 0 atom stereocenters.